The molecule has 2 aromatic carbocycles. The Morgan fingerprint density at radius 2 is 1.93 bits per heavy atom. The van der Waals surface area contributed by atoms with Gasteiger partial charge in [-0.1, -0.05) is 53.2 Å². The molecule has 0 bridgehead atoms. The Bertz CT molecular complexity index is 951. The zero-order valence-corrected chi connectivity index (χ0v) is 17.3. The number of esters is 1. The summed E-state index contributed by atoms with van der Waals surface area (Å²) < 4.78 is 12.6. The van der Waals surface area contributed by atoms with E-state index in [1.165, 1.54) is 11.8 Å². The van der Waals surface area contributed by atoms with E-state index in [-0.39, 0.29) is 18.3 Å². The monoisotopic (exact) mass is 437 g/mol. The van der Waals surface area contributed by atoms with Crippen LogP contribution in [0, 0.1) is 0 Å². The number of hydrogen-bond donors (Lipinski definition) is 0. The fourth-order valence-corrected chi connectivity index (χ4v) is 3.62. The fourth-order valence-electron chi connectivity index (χ4n) is 2.38. The van der Waals surface area contributed by atoms with Crippen LogP contribution in [-0.4, -0.2) is 33.1 Å². The summed E-state index contributed by atoms with van der Waals surface area (Å²) in [6, 6.07) is 14.6. The second kappa shape index (κ2) is 9.82. The van der Waals surface area contributed by atoms with E-state index >= 15 is 0 Å². The Hall–Kier alpha value is -2.22. The molecule has 0 saturated carbocycles. The molecule has 28 heavy (non-hydrogen) atoms. The SMILES string of the molecule is CCOC(=O)CSc1nnc(COc2ccc(Cl)cc2Cl)n1-c1ccccc1. The minimum atomic E-state index is -0.305. The maximum atomic E-state index is 11.7. The molecule has 0 N–H and O–H groups in total. The molecule has 6 nitrogen and oxygen atoms in total. The first-order chi connectivity index (χ1) is 13.6. The van der Waals surface area contributed by atoms with Crippen LogP contribution >= 0.6 is 35.0 Å². The summed E-state index contributed by atoms with van der Waals surface area (Å²) in [5, 5.41) is 9.94. The van der Waals surface area contributed by atoms with E-state index in [1.807, 2.05) is 34.9 Å². The zero-order chi connectivity index (χ0) is 19.9. The van der Waals surface area contributed by atoms with Gasteiger partial charge in [-0.05, 0) is 37.3 Å². The highest BCUT2D eigenvalue weighted by Crippen LogP contribution is 2.29. The summed E-state index contributed by atoms with van der Waals surface area (Å²) in [6.07, 6.45) is 0. The second-order valence-electron chi connectivity index (χ2n) is 5.53. The van der Waals surface area contributed by atoms with Gasteiger partial charge in [-0.2, -0.15) is 0 Å². The fraction of sp³-hybridized carbons (Fsp3) is 0.211. The van der Waals surface area contributed by atoms with Gasteiger partial charge in [-0.15, -0.1) is 10.2 Å². The first-order valence-electron chi connectivity index (χ1n) is 8.44. The number of carbonyl (C=O) groups excluding carboxylic acids is 1. The summed E-state index contributed by atoms with van der Waals surface area (Å²) in [4.78, 5) is 11.7. The van der Waals surface area contributed by atoms with Crippen molar-refractivity contribution in [1.29, 1.82) is 0 Å². The third-order valence-corrected chi connectivity index (χ3v) is 5.02. The summed E-state index contributed by atoms with van der Waals surface area (Å²) in [5.41, 5.74) is 0.861. The van der Waals surface area contributed by atoms with Crippen molar-refractivity contribution in [3.05, 3.63) is 64.4 Å². The quantitative estimate of drug-likeness (QED) is 0.372. The van der Waals surface area contributed by atoms with Crippen molar-refractivity contribution in [2.45, 2.75) is 18.7 Å². The molecular weight excluding hydrogens is 421 g/mol. The molecule has 146 valence electrons. The lowest BCUT2D eigenvalue weighted by atomic mass is 10.3. The number of thioether (sulfide) groups is 1. The number of benzene rings is 2. The minimum absolute atomic E-state index is 0.142. The number of aromatic nitrogens is 3. The molecule has 0 spiro atoms. The van der Waals surface area contributed by atoms with Gasteiger partial charge in [0.25, 0.3) is 0 Å². The molecule has 0 aliphatic rings. The molecular formula is C19H17Cl2N3O3S. The number of ether oxygens (including phenoxy) is 2. The van der Waals surface area contributed by atoms with Gasteiger partial charge in [-0.25, -0.2) is 0 Å². The van der Waals surface area contributed by atoms with Crippen LogP contribution in [0.4, 0.5) is 0 Å². The lowest BCUT2D eigenvalue weighted by Crippen LogP contribution is -2.09. The Morgan fingerprint density at radius 1 is 1.14 bits per heavy atom. The Morgan fingerprint density at radius 3 is 2.64 bits per heavy atom. The molecule has 0 radical (unpaired) electrons. The predicted molar refractivity (Wildman–Crippen MR) is 110 cm³/mol. The lowest BCUT2D eigenvalue weighted by molar-refractivity contribution is -0.139. The zero-order valence-electron chi connectivity index (χ0n) is 15.0. The van der Waals surface area contributed by atoms with Gasteiger partial charge < -0.3 is 9.47 Å². The van der Waals surface area contributed by atoms with Crippen molar-refractivity contribution < 1.29 is 14.3 Å². The van der Waals surface area contributed by atoms with Crippen LogP contribution in [0.2, 0.25) is 10.0 Å². The molecule has 3 rings (SSSR count). The predicted octanol–water partition coefficient (Wildman–Crippen LogP) is 4.81. The van der Waals surface area contributed by atoms with Crippen molar-refractivity contribution in [2.75, 3.05) is 12.4 Å². The summed E-state index contributed by atoms with van der Waals surface area (Å²) in [7, 11) is 0. The van der Waals surface area contributed by atoms with E-state index in [0.29, 0.717) is 33.4 Å². The Balaban J connectivity index is 1.83. The van der Waals surface area contributed by atoms with E-state index in [9.17, 15) is 4.79 Å². The molecule has 1 heterocycles. The van der Waals surface area contributed by atoms with E-state index in [2.05, 4.69) is 10.2 Å². The largest absolute Gasteiger partial charge is 0.484 e. The normalized spacial score (nSPS) is 10.7. The maximum Gasteiger partial charge on any atom is 0.316 e. The molecule has 1 aromatic heterocycles. The molecule has 0 unspecified atom stereocenters. The van der Waals surface area contributed by atoms with E-state index < -0.39 is 0 Å². The molecule has 0 aliphatic carbocycles. The van der Waals surface area contributed by atoms with Crippen LogP contribution in [0.1, 0.15) is 12.7 Å². The van der Waals surface area contributed by atoms with Crippen molar-refractivity contribution in [3.63, 3.8) is 0 Å². The molecule has 0 aliphatic heterocycles. The Kier molecular flexibility index (Phi) is 7.19. The standard InChI is InChI=1S/C19H17Cl2N3O3S/c1-2-26-18(25)12-28-19-23-22-17(24(19)14-6-4-3-5-7-14)11-27-16-9-8-13(20)10-15(16)21/h3-10H,2,11-12H2,1H3. The van der Waals surface area contributed by atoms with Crippen LogP contribution in [0.5, 0.6) is 5.75 Å². The summed E-state index contributed by atoms with van der Waals surface area (Å²) >= 11 is 13.3. The lowest BCUT2D eigenvalue weighted by Gasteiger charge is -2.11. The smallest absolute Gasteiger partial charge is 0.316 e. The number of hydrogen-bond acceptors (Lipinski definition) is 6. The highest BCUT2D eigenvalue weighted by atomic mass is 35.5. The summed E-state index contributed by atoms with van der Waals surface area (Å²) in [6.45, 7) is 2.25. The molecule has 0 fully saturated rings. The molecule has 9 heteroatoms. The van der Waals surface area contributed by atoms with Gasteiger partial charge >= 0.3 is 5.97 Å². The van der Waals surface area contributed by atoms with Crippen molar-refractivity contribution >= 4 is 40.9 Å². The van der Waals surface area contributed by atoms with Crippen molar-refractivity contribution in [3.8, 4) is 11.4 Å². The summed E-state index contributed by atoms with van der Waals surface area (Å²) in [5.74, 6) is 0.904. The van der Waals surface area contributed by atoms with Crippen LogP contribution in [0.3, 0.4) is 0 Å². The molecule has 0 amide bonds. The van der Waals surface area contributed by atoms with E-state index in [1.54, 1.807) is 25.1 Å². The van der Waals surface area contributed by atoms with Crippen molar-refractivity contribution in [2.24, 2.45) is 0 Å². The number of para-hydroxylation sites is 1. The molecule has 0 saturated heterocycles. The van der Waals surface area contributed by atoms with Gasteiger partial charge in [0.2, 0.25) is 0 Å². The van der Waals surface area contributed by atoms with Crippen LogP contribution < -0.4 is 4.74 Å². The number of rotatable bonds is 8. The first kappa shape index (κ1) is 20.5. The Labute approximate surface area is 176 Å². The molecule has 0 atom stereocenters. The molecule has 3 aromatic rings. The van der Waals surface area contributed by atoms with E-state index in [0.717, 1.165) is 5.69 Å². The third-order valence-electron chi connectivity index (χ3n) is 3.59. The van der Waals surface area contributed by atoms with Gasteiger partial charge in [-0.3, -0.25) is 9.36 Å². The number of carbonyl (C=O) groups is 1. The third kappa shape index (κ3) is 5.19. The highest BCUT2D eigenvalue weighted by Gasteiger charge is 2.17. The van der Waals surface area contributed by atoms with Gasteiger partial charge in [0.05, 0.1) is 17.4 Å². The van der Waals surface area contributed by atoms with Crippen LogP contribution in [0.25, 0.3) is 5.69 Å². The highest BCUT2D eigenvalue weighted by molar-refractivity contribution is 7.99. The number of nitrogens with zero attached hydrogens (tertiary/aromatic N) is 3. The van der Waals surface area contributed by atoms with Gasteiger partial charge in [0, 0.05) is 10.7 Å². The van der Waals surface area contributed by atoms with Gasteiger partial charge in [0.1, 0.15) is 12.4 Å². The van der Waals surface area contributed by atoms with Crippen LogP contribution in [-0.2, 0) is 16.1 Å². The maximum absolute atomic E-state index is 11.7. The van der Waals surface area contributed by atoms with Gasteiger partial charge in [0.15, 0.2) is 11.0 Å². The topological polar surface area (TPSA) is 66.2 Å². The number of halogens is 2. The van der Waals surface area contributed by atoms with Crippen LogP contribution in [0.15, 0.2) is 53.7 Å². The first-order valence-corrected chi connectivity index (χ1v) is 10.2. The average molecular weight is 438 g/mol. The van der Waals surface area contributed by atoms with Crippen molar-refractivity contribution in [1.82, 2.24) is 14.8 Å². The minimum Gasteiger partial charge on any atom is -0.484 e. The average Bonchev–Trinajstić information content (AvgIpc) is 3.09. The second-order valence-corrected chi connectivity index (χ2v) is 7.31. The van der Waals surface area contributed by atoms with E-state index in [4.69, 9.17) is 32.7 Å².